The molecule has 0 saturated heterocycles. The Hall–Kier alpha value is -2.08. The van der Waals surface area contributed by atoms with E-state index in [1.807, 2.05) is 50.3 Å². The van der Waals surface area contributed by atoms with Gasteiger partial charge in [-0.25, -0.2) is 0 Å². The van der Waals surface area contributed by atoms with Crippen LogP contribution in [0.1, 0.15) is 40.0 Å². The summed E-state index contributed by atoms with van der Waals surface area (Å²) in [6, 6.07) is 2.07. The molecule has 0 atom stereocenters. The van der Waals surface area contributed by atoms with Gasteiger partial charge in [0, 0.05) is 17.7 Å². The maximum Gasteiger partial charge on any atom is 0.227 e. The molecule has 0 aromatic rings. The first-order chi connectivity index (χ1) is 9.10. The quantitative estimate of drug-likeness (QED) is 0.327. The number of allylic oxidation sites excluding steroid dienone is 7. The molecule has 0 aliphatic carbocycles. The highest BCUT2D eigenvalue weighted by molar-refractivity contribution is 5.79. The summed E-state index contributed by atoms with van der Waals surface area (Å²) in [7, 11) is 0. The van der Waals surface area contributed by atoms with Crippen LogP contribution in [-0.4, -0.2) is 5.91 Å². The lowest BCUT2D eigenvalue weighted by molar-refractivity contribution is -0.119. The second-order valence-electron chi connectivity index (χ2n) is 4.18. The largest absolute Gasteiger partial charge is 0.330 e. The van der Waals surface area contributed by atoms with Crippen molar-refractivity contribution in [2.75, 3.05) is 0 Å². The highest BCUT2D eigenvalue weighted by atomic mass is 16.1. The number of nitrogens with zero attached hydrogens (tertiary/aromatic N) is 1. The number of carbonyl (C=O) groups is 1. The number of rotatable bonds is 7. The van der Waals surface area contributed by atoms with Crippen molar-refractivity contribution in [2.24, 2.45) is 0 Å². The number of nitriles is 1. The van der Waals surface area contributed by atoms with Crippen LogP contribution >= 0.6 is 0 Å². The highest BCUT2D eigenvalue weighted by Gasteiger charge is 1.96. The molecular formula is C16H22N2O. The van der Waals surface area contributed by atoms with Crippen LogP contribution in [-0.2, 0) is 4.79 Å². The van der Waals surface area contributed by atoms with Crippen molar-refractivity contribution < 1.29 is 4.79 Å². The van der Waals surface area contributed by atoms with E-state index >= 15 is 0 Å². The van der Waals surface area contributed by atoms with Gasteiger partial charge in [0.1, 0.15) is 0 Å². The van der Waals surface area contributed by atoms with E-state index in [4.69, 9.17) is 5.26 Å². The van der Waals surface area contributed by atoms with Crippen LogP contribution in [0.3, 0.4) is 0 Å². The number of hydrogen-bond acceptors (Lipinski definition) is 2. The van der Waals surface area contributed by atoms with Gasteiger partial charge in [0.25, 0.3) is 0 Å². The molecule has 0 bridgehead atoms. The molecule has 0 heterocycles. The second-order valence-corrected chi connectivity index (χ2v) is 4.18. The van der Waals surface area contributed by atoms with E-state index in [9.17, 15) is 4.79 Å². The molecular weight excluding hydrogens is 236 g/mol. The van der Waals surface area contributed by atoms with E-state index < -0.39 is 0 Å². The van der Waals surface area contributed by atoms with Crippen molar-refractivity contribution in [3.63, 3.8) is 0 Å². The molecule has 3 nitrogen and oxygen atoms in total. The summed E-state index contributed by atoms with van der Waals surface area (Å²) in [5, 5.41) is 11.4. The Kier molecular flexibility index (Phi) is 9.83. The summed E-state index contributed by atoms with van der Waals surface area (Å²) < 4.78 is 0. The summed E-state index contributed by atoms with van der Waals surface area (Å²) in [5.41, 5.74) is 1.57. The minimum atomic E-state index is -0.0155. The molecule has 0 unspecified atom stereocenters. The minimum absolute atomic E-state index is 0.0155. The van der Waals surface area contributed by atoms with Crippen LogP contribution in [0.2, 0.25) is 0 Å². The van der Waals surface area contributed by atoms with Crippen molar-refractivity contribution in [1.29, 1.82) is 5.26 Å². The maximum absolute atomic E-state index is 11.5. The molecule has 3 heteroatoms. The van der Waals surface area contributed by atoms with E-state index in [2.05, 4.69) is 11.4 Å². The van der Waals surface area contributed by atoms with Crippen molar-refractivity contribution in [1.82, 2.24) is 5.32 Å². The molecule has 102 valence electrons. The van der Waals surface area contributed by atoms with Crippen molar-refractivity contribution in [3.8, 4) is 6.07 Å². The van der Waals surface area contributed by atoms with Crippen molar-refractivity contribution in [3.05, 3.63) is 47.7 Å². The first-order valence-corrected chi connectivity index (χ1v) is 6.41. The fraction of sp³-hybridized carbons (Fsp3) is 0.375. The average Bonchev–Trinajstić information content (AvgIpc) is 2.39. The van der Waals surface area contributed by atoms with Gasteiger partial charge in [-0.1, -0.05) is 30.4 Å². The van der Waals surface area contributed by atoms with Crippen molar-refractivity contribution in [2.45, 2.75) is 40.0 Å². The minimum Gasteiger partial charge on any atom is -0.330 e. The fourth-order valence-corrected chi connectivity index (χ4v) is 1.30. The molecule has 0 saturated carbocycles. The van der Waals surface area contributed by atoms with Crippen LogP contribution in [0.4, 0.5) is 0 Å². The zero-order valence-corrected chi connectivity index (χ0v) is 11.9. The topological polar surface area (TPSA) is 52.9 Å². The summed E-state index contributed by atoms with van der Waals surface area (Å²) in [6.07, 6.45) is 13.4. The summed E-state index contributed by atoms with van der Waals surface area (Å²) in [6.45, 7) is 5.57. The lowest BCUT2D eigenvalue weighted by Crippen LogP contribution is -2.19. The van der Waals surface area contributed by atoms with Gasteiger partial charge < -0.3 is 5.32 Å². The SMILES string of the molecule is C/C=C\C=C(/C)NC(=O)C/C=C/CC/C=C(\C)C#N. The zero-order valence-electron chi connectivity index (χ0n) is 11.9. The molecule has 0 fully saturated rings. The first-order valence-electron chi connectivity index (χ1n) is 6.41. The molecule has 0 aliphatic heterocycles. The van der Waals surface area contributed by atoms with E-state index in [0.29, 0.717) is 6.42 Å². The highest BCUT2D eigenvalue weighted by Crippen LogP contribution is 1.99. The van der Waals surface area contributed by atoms with Gasteiger partial charge in [-0.3, -0.25) is 4.79 Å². The van der Waals surface area contributed by atoms with E-state index in [1.165, 1.54) is 0 Å². The average molecular weight is 258 g/mol. The number of carbonyl (C=O) groups excluding carboxylic acids is 1. The standard InChI is InChI=1S/C16H22N2O/c1-4-5-11-15(3)18-16(19)12-9-7-6-8-10-14(2)13-17/h4-5,7,9-11H,6,8,12H2,1-3H3,(H,18,19)/b5-4-,9-7+,14-10+,15-11+. The van der Waals surface area contributed by atoms with E-state index in [0.717, 1.165) is 24.1 Å². The van der Waals surface area contributed by atoms with Crippen molar-refractivity contribution >= 4 is 5.91 Å². The monoisotopic (exact) mass is 258 g/mol. The van der Waals surface area contributed by atoms with Gasteiger partial charge in [0.15, 0.2) is 0 Å². The van der Waals surface area contributed by atoms with Crippen LogP contribution in [0.5, 0.6) is 0 Å². The number of hydrogen-bond donors (Lipinski definition) is 1. The summed E-state index contributed by atoms with van der Waals surface area (Å²) >= 11 is 0. The number of nitrogens with one attached hydrogen (secondary N) is 1. The Morgan fingerprint density at radius 1 is 1.26 bits per heavy atom. The predicted molar refractivity (Wildman–Crippen MR) is 79.1 cm³/mol. The second kappa shape index (κ2) is 11.0. The molecule has 1 amide bonds. The predicted octanol–water partition coefficient (Wildman–Crippen LogP) is 3.78. The molecule has 0 aromatic carbocycles. The van der Waals surface area contributed by atoms with Gasteiger partial charge in [-0.15, -0.1) is 0 Å². The molecule has 0 aliphatic rings. The lowest BCUT2D eigenvalue weighted by Gasteiger charge is -2.01. The number of amides is 1. The van der Waals surface area contributed by atoms with E-state index in [-0.39, 0.29) is 5.91 Å². The molecule has 0 radical (unpaired) electrons. The third-order valence-corrected chi connectivity index (χ3v) is 2.31. The molecule has 0 aromatic heterocycles. The Morgan fingerprint density at radius 3 is 2.63 bits per heavy atom. The molecule has 0 spiro atoms. The maximum atomic E-state index is 11.5. The van der Waals surface area contributed by atoms with Gasteiger partial charge in [-0.05, 0) is 39.7 Å². The third-order valence-electron chi connectivity index (χ3n) is 2.31. The van der Waals surface area contributed by atoms with Crippen LogP contribution in [0, 0.1) is 11.3 Å². The van der Waals surface area contributed by atoms with Gasteiger partial charge >= 0.3 is 0 Å². The van der Waals surface area contributed by atoms with Gasteiger partial charge in [-0.2, -0.15) is 5.26 Å². The van der Waals surface area contributed by atoms with E-state index in [1.54, 1.807) is 6.92 Å². The van der Waals surface area contributed by atoms with Gasteiger partial charge in [0.05, 0.1) is 6.07 Å². The van der Waals surface area contributed by atoms with Crippen LogP contribution in [0.25, 0.3) is 0 Å². The Labute approximate surface area is 116 Å². The Bertz CT molecular complexity index is 434. The lowest BCUT2D eigenvalue weighted by atomic mass is 10.2. The zero-order chi connectivity index (χ0) is 14.5. The molecule has 19 heavy (non-hydrogen) atoms. The summed E-state index contributed by atoms with van der Waals surface area (Å²) in [5.74, 6) is -0.0155. The fourth-order valence-electron chi connectivity index (χ4n) is 1.30. The van der Waals surface area contributed by atoms with Crippen LogP contribution in [0.15, 0.2) is 47.7 Å². The van der Waals surface area contributed by atoms with Crippen LogP contribution < -0.4 is 5.32 Å². The molecule has 0 rings (SSSR count). The smallest absolute Gasteiger partial charge is 0.227 e. The Balaban J connectivity index is 3.88. The first kappa shape index (κ1) is 16.9. The molecule has 1 N–H and O–H groups in total. The summed E-state index contributed by atoms with van der Waals surface area (Å²) in [4.78, 5) is 11.5. The van der Waals surface area contributed by atoms with Gasteiger partial charge in [0.2, 0.25) is 5.91 Å². The Morgan fingerprint density at radius 2 is 2.00 bits per heavy atom. The number of unbranched alkanes of at least 4 members (excludes halogenated alkanes) is 1. The third kappa shape index (κ3) is 10.8. The normalized spacial score (nSPS) is 12.9.